The molecule has 102 valence electrons. The van der Waals surface area contributed by atoms with E-state index in [1.54, 1.807) is 0 Å². The first-order valence-electron chi connectivity index (χ1n) is 5.86. The van der Waals surface area contributed by atoms with Gasteiger partial charge in [-0.15, -0.1) is 0 Å². The number of carbonyl (C=O) groups excluding carboxylic acids is 2. The monoisotopic (exact) mass is 276 g/mol. The zero-order valence-electron chi connectivity index (χ0n) is 9.92. The van der Waals surface area contributed by atoms with Gasteiger partial charge in [-0.3, -0.25) is 9.59 Å². The molecule has 2 aliphatic rings. The Morgan fingerprint density at radius 2 is 1.89 bits per heavy atom. The van der Waals surface area contributed by atoms with Crippen molar-refractivity contribution < 1.29 is 22.7 Å². The summed E-state index contributed by atoms with van der Waals surface area (Å²) >= 11 is 0. The molecule has 2 rings (SSSR count). The molecule has 2 amide bonds. The van der Waals surface area contributed by atoms with E-state index in [2.05, 4.69) is 5.32 Å². The smallest absolute Gasteiger partial charge is 0.312 e. The molecule has 18 heavy (non-hydrogen) atoms. The summed E-state index contributed by atoms with van der Waals surface area (Å²) in [4.78, 5) is 24.8. The lowest BCUT2D eigenvalue weighted by molar-refractivity contribution is -0.148. The molecular weight excluding hydrogens is 260 g/mol. The first-order chi connectivity index (χ1) is 8.48. The van der Waals surface area contributed by atoms with Crippen LogP contribution in [0.15, 0.2) is 0 Å². The Labute approximate surface area is 105 Å². The SMILES string of the molecule is O=C(NC1CCS(=O)(=O)C1)C(=O)N1CCOCC1. The molecule has 2 saturated heterocycles. The number of nitrogens with one attached hydrogen (secondary N) is 1. The lowest BCUT2D eigenvalue weighted by atomic mass is 10.2. The molecule has 0 bridgehead atoms. The highest BCUT2D eigenvalue weighted by atomic mass is 32.2. The summed E-state index contributed by atoms with van der Waals surface area (Å²) < 4.78 is 27.5. The molecule has 0 saturated carbocycles. The van der Waals surface area contributed by atoms with Crippen LogP contribution in [0.5, 0.6) is 0 Å². The van der Waals surface area contributed by atoms with Gasteiger partial charge in [0.25, 0.3) is 0 Å². The molecule has 0 aliphatic carbocycles. The summed E-state index contributed by atoms with van der Waals surface area (Å²) in [6.45, 7) is 1.65. The van der Waals surface area contributed by atoms with Crippen LogP contribution in [0, 0.1) is 0 Å². The number of sulfone groups is 1. The Morgan fingerprint density at radius 1 is 1.22 bits per heavy atom. The van der Waals surface area contributed by atoms with Gasteiger partial charge >= 0.3 is 11.8 Å². The van der Waals surface area contributed by atoms with Crippen molar-refractivity contribution in [2.75, 3.05) is 37.8 Å². The molecule has 2 fully saturated rings. The molecule has 1 unspecified atom stereocenters. The summed E-state index contributed by atoms with van der Waals surface area (Å²) in [5, 5.41) is 2.48. The topological polar surface area (TPSA) is 92.8 Å². The Hall–Kier alpha value is -1.15. The largest absolute Gasteiger partial charge is 0.378 e. The van der Waals surface area contributed by atoms with E-state index < -0.39 is 27.7 Å². The van der Waals surface area contributed by atoms with Crippen molar-refractivity contribution in [3.8, 4) is 0 Å². The molecule has 2 aliphatic heterocycles. The highest BCUT2D eigenvalue weighted by Crippen LogP contribution is 2.11. The fraction of sp³-hybridized carbons (Fsp3) is 0.800. The zero-order valence-corrected chi connectivity index (χ0v) is 10.7. The van der Waals surface area contributed by atoms with Gasteiger partial charge in [0, 0.05) is 19.1 Å². The van der Waals surface area contributed by atoms with Crippen LogP contribution in [0.2, 0.25) is 0 Å². The number of morpholine rings is 1. The van der Waals surface area contributed by atoms with Crippen molar-refractivity contribution in [1.82, 2.24) is 10.2 Å². The average Bonchev–Trinajstić information content (AvgIpc) is 2.68. The van der Waals surface area contributed by atoms with Crippen molar-refractivity contribution in [3.63, 3.8) is 0 Å². The van der Waals surface area contributed by atoms with Gasteiger partial charge in [-0.25, -0.2) is 8.42 Å². The standard InChI is InChI=1S/C10H16N2O5S/c13-9(10(14)12-2-4-17-5-3-12)11-8-1-6-18(15,16)7-8/h8H,1-7H2,(H,11,13). The third-order valence-corrected chi connectivity index (χ3v) is 4.83. The van der Waals surface area contributed by atoms with E-state index in [-0.39, 0.29) is 11.5 Å². The molecule has 1 N–H and O–H groups in total. The Kier molecular flexibility index (Phi) is 3.86. The number of ether oxygens (including phenoxy) is 1. The second-order valence-electron chi connectivity index (χ2n) is 4.48. The number of hydrogen-bond donors (Lipinski definition) is 1. The number of hydrogen-bond acceptors (Lipinski definition) is 5. The van der Waals surface area contributed by atoms with E-state index in [1.807, 2.05) is 0 Å². The molecule has 0 aromatic heterocycles. The molecule has 0 radical (unpaired) electrons. The first-order valence-corrected chi connectivity index (χ1v) is 7.68. The molecule has 0 spiro atoms. The predicted molar refractivity (Wildman–Crippen MR) is 62.6 cm³/mol. The van der Waals surface area contributed by atoms with E-state index in [0.717, 1.165) is 0 Å². The van der Waals surface area contributed by atoms with Crippen LogP contribution in [-0.4, -0.2) is 69.0 Å². The predicted octanol–water partition coefficient (Wildman–Crippen LogP) is -1.85. The summed E-state index contributed by atoms with van der Waals surface area (Å²) in [7, 11) is -3.05. The molecule has 1 atom stereocenters. The van der Waals surface area contributed by atoms with Gasteiger partial charge in [0.2, 0.25) is 0 Å². The van der Waals surface area contributed by atoms with Crippen LogP contribution in [-0.2, 0) is 24.2 Å². The molecule has 2 heterocycles. The maximum atomic E-state index is 11.8. The van der Waals surface area contributed by atoms with Crippen molar-refractivity contribution >= 4 is 21.7 Å². The number of carbonyl (C=O) groups is 2. The van der Waals surface area contributed by atoms with Crippen LogP contribution in [0.3, 0.4) is 0 Å². The minimum atomic E-state index is -3.05. The molecular formula is C10H16N2O5S. The van der Waals surface area contributed by atoms with Crippen LogP contribution in [0.1, 0.15) is 6.42 Å². The molecule has 0 aromatic carbocycles. The minimum Gasteiger partial charge on any atom is -0.378 e. The summed E-state index contributed by atoms with van der Waals surface area (Å²) in [6.07, 6.45) is 0.379. The van der Waals surface area contributed by atoms with Crippen molar-refractivity contribution in [2.45, 2.75) is 12.5 Å². The second-order valence-corrected chi connectivity index (χ2v) is 6.71. The van der Waals surface area contributed by atoms with Gasteiger partial charge in [0.1, 0.15) is 0 Å². The Bertz CT molecular complexity index is 441. The van der Waals surface area contributed by atoms with E-state index in [9.17, 15) is 18.0 Å². The van der Waals surface area contributed by atoms with Gasteiger partial charge in [0.15, 0.2) is 9.84 Å². The summed E-state index contributed by atoms with van der Waals surface area (Å²) in [6, 6.07) is -0.438. The third kappa shape index (κ3) is 3.20. The van der Waals surface area contributed by atoms with Crippen LogP contribution < -0.4 is 5.32 Å². The Balaban J connectivity index is 1.86. The minimum absolute atomic E-state index is 0.0731. The van der Waals surface area contributed by atoms with Gasteiger partial charge in [-0.2, -0.15) is 0 Å². The molecule has 8 heteroatoms. The normalized spacial score (nSPS) is 26.9. The van der Waals surface area contributed by atoms with Crippen LogP contribution >= 0.6 is 0 Å². The summed E-state index contributed by atoms with van der Waals surface area (Å²) in [5.74, 6) is -1.33. The zero-order chi connectivity index (χ0) is 13.2. The summed E-state index contributed by atoms with van der Waals surface area (Å²) in [5.41, 5.74) is 0. The average molecular weight is 276 g/mol. The van der Waals surface area contributed by atoms with Gasteiger partial charge < -0.3 is 15.0 Å². The molecule has 7 nitrogen and oxygen atoms in total. The Morgan fingerprint density at radius 3 is 2.44 bits per heavy atom. The third-order valence-electron chi connectivity index (χ3n) is 3.06. The number of rotatable bonds is 1. The lowest BCUT2D eigenvalue weighted by Gasteiger charge is -2.26. The van der Waals surface area contributed by atoms with Crippen molar-refractivity contribution in [3.05, 3.63) is 0 Å². The maximum absolute atomic E-state index is 11.8. The molecule has 0 aromatic rings. The second kappa shape index (κ2) is 5.23. The lowest BCUT2D eigenvalue weighted by Crippen LogP contribution is -2.50. The van der Waals surface area contributed by atoms with Gasteiger partial charge in [-0.1, -0.05) is 0 Å². The van der Waals surface area contributed by atoms with E-state index in [4.69, 9.17) is 4.74 Å². The van der Waals surface area contributed by atoms with E-state index >= 15 is 0 Å². The van der Waals surface area contributed by atoms with Crippen molar-refractivity contribution in [1.29, 1.82) is 0 Å². The first kappa shape index (κ1) is 13.3. The van der Waals surface area contributed by atoms with Gasteiger partial charge in [0.05, 0.1) is 24.7 Å². The van der Waals surface area contributed by atoms with Crippen LogP contribution in [0.4, 0.5) is 0 Å². The highest BCUT2D eigenvalue weighted by molar-refractivity contribution is 7.91. The fourth-order valence-corrected chi connectivity index (χ4v) is 3.74. The van der Waals surface area contributed by atoms with Crippen LogP contribution in [0.25, 0.3) is 0 Å². The quantitative estimate of drug-likeness (QED) is 0.567. The van der Waals surface area contributed by atoms with E-state index in [1.165, 1.54) is 4.90 Å². The van der Waals surface area contributed by atoms with Gasteiger partial charge in [-0.05, 0) is 6.42 Å². The number of amides is 2. The number of nitrogens with zero attached hydrogens (tertiary/aromatic N) is 1. The fourth-order valence-electron chi connectivity index (χ4n) is 2.07. The van der Waals surface area contributed by atoms with E-state index in [0.29, 0.717) is 32.7 Å². The van der Waals surface area contributed by atoms with Crippen molar-refractivity contribution in [2.24, 2.45) is 0 Å². The highest BCUT2D eigenvalue weighted by Gasteiger charge is 2.32. The maximum Gasteiger partial charge on any atom is 0.312 e.